The van der Waals surface area contributed by atoms with Gasteiger partial charge in [0.2, 0.25) is 0 Å². The van der Waals surface area contributed by atoms with Crippen molar-refractivity contribution in [3.63, 3.8) is 0 Å². The van der Waals surface area contributed by atoms with Gasteiger partial charge in [0.25, 0.3) is 0 Å². The van der Waals surface area contributed by atoms with Gasteiger partial charge in [-0.2, -0.15) is 18.6 Å². The highest BCUT2D eigenvalue weighted by molar-refractivity contribution is 7.91. The Morgan fingerprint density at radius 3 is 2.82 bits per heavy atom. The quantitative estimate of drug-likeness (QED) is 0.654. The molecule has 0 saturated carbocycles. The Morgan fingerprint density at radius 2 is 2.11 bits per heavy atom. The average Bonchev–Trinajstić information content (AvgIpc) is 3.27. The van der Waals surface area contributed by atoms with Crippen LogP contribution in [0.15, 0.2) is 41.3 Å². The first-order chi connectivity index (χ1) is 12.9. The van der Waals surface area contributed by atoms with Crippen LogP contribution in [0.3, 0.4) is 0 Å². The fourth-order valence-corrected chi connectivity index (χ4v) is 4.91. The van der Waals surface area contributed by atoms with Gasteiger partial charge >= 0.3 is 0 Å². The Kier molecular flexibility index (Phi) is 5.97. The number of hydrogen-bond donors (Lipinski definition) is 2. The first-order valence-corrected chi connectivity index (χ1v) is 10.4. The van der Waals surface area contributed by atoms with E-state index in [1.807, 2.05) is 0 Å². The molecule has 28 heavy (non-hydrogen) atoms. The maximum Gasteiger partial charge on any atom is 0.178 e. The van der Waals surface area contributed by atoms with E-state index in [-0.39, 0.29) is 35.9 Å². The molecule has 2 heterocycles. The van der Waals surface area contributed by atoms with Crippen molar-refractivity contribution in [2.75, 3.05) is 24.3 Å². The highest BCUT2D eigenvalue weighted by Crippen LogP contribution is 2.28. The van der Waals surface area contributed by atoms with Crippen LogP contribution in [0.1, 0.15) is 12.0 Å². The van der Waals surface area contributed by atoms with Gasteiger partial charge in [0, 0.05) is 17.7 Å². The Morgan fingerprint density at radius 1 is 1.29 bits per heavy atom. The lowest BCUT2D eigenvalue weighted by molar-refractivity contribution is 0.188. The van der Waals surface area contributed by atoms with Gasteiger partial charge in [0.15, 0.2) is 15.7 Å². The van der Waals surface area contributed by atoms with Gasteiger partial charge in [-0.3, -0.25) is 5.10 Å². The molecule has 0 radical (unpaired) electrons. The summed E-state index contributed by atoms with van der Waals surface area (Å²) in [5.41, 5.74) is 1.92. The number of rotatable bonds is 5. The maximum atomic E-state index is 13.5. The number of aryl methyl sites for hydroxylation is 1. The van der Waals surface area contributed by atoms with Gasteiger partial charge in [-0.25, -0.2) is 12.8 Å². The number of nitrogens with zero attached hydrogens (tertiary/aromatic N) is 1. The van der Waals surface area contributed by atoms with Crippen LogP contribution in [0, 0.1) is 18.7 Å². The van der Waals surface area contributed by atoms with Crippen LogP contribution in [0.2, 0.25) is 0 Å². The smallest absolute Gasteiger partial charge is 0.178 e. The van der Waals surface area contributed by atoms with Crippen LogP contribution < -0.4 is 5.32 Å². The van der Waals surface area contributed by atoms with Gasteiger partial charge in [-0.15, -0.1) is 0 Å². The molecule has 1 fully saturated rings. The zero-order valence-corrected chi connectivity index (χ0v) is 17.1. The van der Waals surface area contributed by atoms with E-state index >= 15 is 0 Å². The molecule has 1 aliphatic rings. The van der Waals surface area contributed by atoms with Crippen molar-refractivity contribution in [3.05, 3.63) is 47.8 Å². The van der Waals surface area contributed by atoms with E-state index in [9.17, 15) is 12.8 Å². The van der Waals surface area contributed by atoms with E-state index in [0.29, 0.717) is 35.7 Å². The van der Waals surface area contributed by atoms with E-state index in [4.69, 9.17) is 4.74 Å². The molecular formula is C19H22FN3O3S2. The molecule has 9 heteroatoms. The van der Waals surface area contributed by atoms with Crippen LogP contribution in [0.5, 0.6) is 0 Å². The first-order valence-electron chi connectivity index (χ1n) is 8.74. The molecule has 0 unspecified atom stereocenters. The van der Waals surface area contributed by atoms with Crippen molar-refractivity contribution in [1.82, 2.24) is 10.2 Å². The monoisotopic (exact) mass is 423 g/mol. The number of benzene rings is 2. The SMILES string of the molecule is Cc1cc(Nc2n[nH]c3ccc(S(=O)(=O)C[C@H]4CCOC4)cc23)ccc1F.S. The summed E-state index contributed by atoms with van der Waals surface area (Å²) in [4.78, 5) is 0.265. The molecule has 0 spiro atoms. The molecule has 0 amide bonds. The van der Waals surface area contributed by atoms with Crippen LogP contribution in [-0.2, 0) is 14.6 Å². The van der Waals surface area contributed by atoms with Crippen LogP contribution in [0.4, 0.5) is 15.9 Å². The molecule has 0 bridgehead atoms. The second kappa shape index (κ2) is 8.10. The highest BCUT2D eigenvalue weighted by atomic mass is 32.2. The fraction of sp³-hybridized carbons (Fsp3) is 0.316. The van der Waals surface area contributed by atoms with Crippen LogP contribution in [0.25, 0.3) is 10.9 Å². The molecule has 0 aliphatic carbocycles. The molecule has 2 aromatic carbocycles. The molecule has 4 rings (SSSR count). The number of aromatic nitrogens is 2. The number of fused-ring (bicyclic) bond motifs is 1. The first kappa shape index (κ1) is 20.6. The lowest BCUT2D eigenvalue weighted by atomic mass is 10.2. The zero-order valence-electron chi connectivity index (χ0n) is 15.3. The average molecular weight is 424 g/mol. The van der Waals surface area contributed by atoms with E-state index in [0.717, 1.165) is 11.9 Å². The third-order valence-corrected chi connectivity index (χ3v) is 6.68. The third kappa shape index (κ3) is 4.16. The number of halogens is 1. The number of H-pyrrole nitrogens is 1. The fourth-order valence-electron chi connectivity index (χ4n) is 3.26. The molecule has 1 atom stereocenters. The van der Waals surface area contributed by atoms with Gasteiger partial charge < -0.3 is 10.1 Å². The molecule has 150 valence electrons. The molecule has 1 aromatic heterocycles. The van der Waals surface area contributed by atoms with Gasteiger partial charge in [0.05, 0.1) is 22.8 Å². The highest BCUT2D eigenvalue weighted by Gasteiger charge is 2.25. The lowest BCUT2D eigenvalue weighted by Gasteiger charge is -2.09. The predicted octanol–water partition coefficient (Wildman–Crippen LogP) is 3.68. The Balaban J connectivity index is 0.00000225. The largest absolute Gasteiger partial charge is 0.381 e. The lowest BCUT2D eigenvalue weighted by Crippen LogP contribution is -2.16. The summed E-state index contributed by atoms with van der Waals surface area (Å²) in [6.07, 6.45) is 0.768. The Labute approximate surface area is 169 Å². The molecule has 3 aromatic rings. The number of nitrogens with one attached hydrogen (secondary N) is 2. The zero-order chi connectivity index (χ0) is 19.0. The van der Waals surface area contributed by atoms with Crippen molar-refractivity contribution in [3.8, 4) is 0 Å². The molecule has 1 saturated heterocycles. The maximum absolute atomic E-state index is 13.5. The molecule has 1 aliphatic heterocycles. The van der Waals surface area contributed by atoms with E-state index < -0.39 is 9.84 Å². The Bertz CT molecular complexity index is 1090. The number of hydrogen-bond acceptors (Lipinski definition) is 5. The predicted molar refractivity (Wildman–Crippen MR) is 112 cm³/mol. The number of anilines is 2. The summed E-state index contributed by atoms with van der Waals surface area (Å²) in [6.45, 7) is 2.79. The summed E-state index contributed by atoms with van der Waals surface area (Å²) < 4.78 is 44.3. The van der Waals surface area contributed by atoms with Crippen molar-refractivity contribution in [2.24, 2.45) is 5.92 Å². The van der Waals surface area contributed by atoms with Crippen molar-refractivity contribution in [2.45, 2.75) is 18.2 Å². The summed E-state index contributed by atoms with van der Waals surface area (Å²) in [7, 11) is -3.41. The van der Waals surface area contributed by atoms with E-state index in [1.165, 1.54) is 6.07 Å². The molecular weight excluding hydrogens is 401 g/mol. The van der Waals surface area contributed by atoms with E-state index in [2.05, 4.69) is 15.5 Å². The number of ether oxygens (including phenoxy) is 1. The van der Waals surface area contributed by atoms with Gasteiger partial charge in [0.1, 0.15) is 5.82 Å². The van der Waals surface area contributed by atoms with Crippen LogP contribution >= 0.6 is 13.5 Å². The second-order valence-corrected chi connectivity index (χ2v) is 8.91. The standard InChI is InChI=1S/C19H20FN3O3S.H2S/c1-12-8-14(2-4-17(12)20)21-19-16-9-15(3-5-18(16)22-23-19)27(24,25)11-13-6-7-26-10-13;/h2-5,8-9,13H,6-7,10-11H2,1H3,(H2,21,22,23);1H2/t13-;/m0./s1. The number of sulfone groups is 1. The summed E-state index contributed by atoms with van der Waals surface area (Å²) in [5, 5.41) is 10.9. The normalized spacial score (nSPS) is 16.9. The van der Waals surface area contributed by atoms with Gasteiger partial charge in [-0.1, -0.05) is 0 Å². The van der Waals surface area contributed by atoms with Crippen molar-refractivity contribution < 1.29 is 17.5 Å². The summed E-state index contributed by atoms with van der Waals surface area (Å²) in [5.74, 6) is 0.333. The third-order valence-electron chi connectivity index (χ3n) is 4.79. The summed E-state index contributed by atoms with van der Waals surface area (Å²) in [6, 6.07) is 9.60. The van der Waals surface area contributed by atoms with Gasteiger partial charge in [-0.05, 0) is 61.2 Å². The minimum absolute atomic E-state index is 0. The van der Waals surface area contributed by atoms with Crippen molar-refractivity contribution in [1.29, 1.82) is 0 Å². The number of aromatic amines is 1. The summed E-state index contributed by atoms with van der Waals surface area (Å²) >= 11 is 0. The minimum atomic E-state index is -3.41. The topological polar surface area (TPSA) is 84.1 Å². The minimum Gasteiger partial charge on any atom is -0.381 e. The molecule has 6 nitrogen and oxygen atoms in total. The Hall–Kier alpha value is -2.10. The van der Waals surface area contributed by atoms with Crippen molar-refractivity contribution >= 4 is 45.7 Å². The van der Waals surface area contributed by atoms with Crippen LogP contribution in [-0.4, -0.2) is 37.6 Å². The second-order valence-electron chi connectivity index (χ2n) is 6.88. The van der Waals surface area contributed by atoms with E-state index in [1.54, 1.807) is 37.3 Å². The molecule has 2 N–H and O–H groups in total.